The van der Waals surface area contributed by atoms with Crippen LogP contribution in [-0.4, -0.2) is 17.7 Å². The summed E-state index contributed by atoms with van der Waals surface area (Å²) in [4.78, 5) is 11.1. The minimum Gasteiger partial charge on any atom is -0.466 e. The summed E-state index contributed by atoms with van der Waals surface area (Å²) in [7, 11) is 0. The molecule has 1 aromatic rings. The smallest absolute Gasteiger partial charge is 0.306 e. The first-order chi connectivity index (χ1) is 7.26. The van der Waals surface area contributed by atoms with E-state index in [9.17, 15) is 4.79 Å². The minimum atomic E-state index is -0.174. The van der Waals surface area contributed by atoms with E-state index in [-0.39, 0.29) is 12.6 Å². The summed E-state index contributed by atoms with van der Waals surface area (Å²) in [5.74, 6) is -0.174. The second kappa shape index (κ2) is 6.19. The highest BCUT2D eigenvalue weighted by Gasteiger charge is 2.02. The maximum absolute atomic E-state index is 11.1. The molecule has 0 amide bonds. The van der Waals surface area contributed by atoms with Crippen LogP contribution in [0.2, 0.25) is 0 Å². The SMILES string of the molecule is CCOC(=O)CCc1cccc(CO)c1. The highest BCUT2D eigenvalue weighted by atomic mass is 16.5. The predicted octanol–water partition coefficient (Wildman–Crippen LogP) is 1.67. The maximum Gasteiger partial charge on any atom is 0.306 e. The zero-order valence-corrected chi connectivity index (χ0v) is 8.90. The van der Waals surface area contributed by atoms with Crippen molar-refractivity contribution in [3.63, 3.8) is 0 Å². The molecule has 0 unspecified atom stereocenters. The molecule has 0 heterocycles. The molecule has 0 bridgehead atoms. The number of hydrogen-bond acceptors (Lipinski definition) is 3. The molecule has 15 heavy (non-hydrogen) atoms. The second-order valence-corrected chi connectivity index (χ2v) is 3.28. The summed E-state index contributed by atoms with van der Waals surface area (Å²) in [6, 6.07) is 7.58. The van der Waals surface area contributed by atoms with E-state index < -0.39 is 0 Å². The van der Waals surface area contributed by atoms with Gasteiger partial charge in [0.1, 0.15) is 0 Å². The van der Waals surface area contributed by atoms with Crippen molar-refractivity contribution in [3.8, 4) is 0 Å². The number of aliphatic hydroxyl groups is 1. The highest BCUT2D eigenvalue weighted by molar-refractivity contribution is 5.69. The monoisotopic (exact) mass is 208 g/mol. The van der Waals surface area contributed by atoms with Crippen molar-refractivity contribution < 1.29 is 14.6 Å². The lowest BCUT2D eigenvalue weighted by Crippen LogP contribution is -2.05. The Labute approximate surface area is 89.7 Å². The van der Waals surface area contributed by atoms with Gasteiger partial charge in [0.05, 0.1) is 13.2 Å². The highest BCUT2D eigenvalue weighted by Crippen LogP contribution is 2.08. The molecule has 0 saturated carbocycles. The van der Waals surface area contributed by atoms with E-state index in [0.717, 1.165) is 11.1 Å². The Balaban J connectivity index is 2.46. The van der Waals surface area contributed by atoms with Crippen LogP contribution in [0.1, 0.15) is 24.5 Å². The zero-order valence-electron chi connectivity index (χ0n) is 8.90. The molecule has 0 atom stereocenters. The van der Waals surface area contributed by atoms with Crippen LogP contribution in [0.3, 0.4) is 0 Å². The van der Waals surface area contributed by atoms with Gasteiger partial charge in [0, 0.05) is 6.42 Å². The van der Waals surface area contributed by atoms with Crippen LogP contribution in [0, 0.1) is 0 Å². The van der Waals surface area contributed by atoms with Crippen LogP contribution in [-0.2, 0) is 22.6 Å². The number of rotatable bonds is 5. The van der Waals surface area contributed by atoms with Gasteiger partial charge in [-0.2, -0.15) is 0 Å². The molecule has 3 nitrogen and oxygen atoms in total. The first-order valence-corrected chi connectivity index (χ1v) is 5.10. The van der Waals surface area contributed by atoms with Crippen molar-refractivity contribution in [2.24, 2.45) is 0 Å². The standard InChI is InChI=1S/C12H16O3/c1-2-15-12(14)7-6-10-4-3-5-11(8-10)9-13/h3-5,8,13H,2,6-7,9H2,1H3. The molecule has 82 valence electrons. The number of esters is 1. The number of carbonyl (C=O) groups is 1. The lowest BCUT2D eigenvalue weighted by molar-refractivity contribution is -0.143. The number of ether oxygens (including phenoxy) is 1. The second-order valence-electron chi connectivity index (χ2n) is 3.28. The molecular weight excluding hydrogens is 192 g/mol. The fourth-order valence-corrected chi connectivity index (χ4v) is 1.36. The van der Waals surface area contributed by atoms with Gasteiger partial charge in [-0.15, -0.1) is 0 Å². The Morgan fingerprint density at radius 2 is 2.13 bits per heavy atom. The van der Waals surface area contributed by atoms with E-state index in [1.54, 1.807) is 6.92 Å². The van der Waals surface area contributed by atoms with Gasteiger partial charge in [0.2, 0.25) is 0 Å². The van der Waals surface area contributed by atoms with Crippen molar-refractivity contribution in [2.75, 3.05) is 6.61 Å². The Kier molecular flexibility index (Phi) is 4.84. The van der Waals surface area contributed by atoms with E-state index in [1.807, 2.05) is 24.3 Å². The normalized spacial score (nSPS) is 10.0. The van der Waals surface area contributed by atoms with Crippen LogP contribution >= 0.6 is 0 Å². The average Bonchev–Trinajstić information content (AvgIpc) is 2.27. The predicted molar refractivity (Wildman–Crippen MR) is 57.3 cm³/mol. The molecule has 0 aliphatic rings. The molecule has 1 aromatic carbocycles. The lowest BCUT2D eigenvalue weighted by Gasteiger charge is -2.03. The number of hydrogen-bond donors (Lipinski definition) is 1. The largest absolute Gasteiger partial charge is 0.466 e. The van der Waals surface area contributed by atoms with Gasteiger partial charge < -0.3 is 9.84 Å². The summed E-state index contributed by atoms with van der Waals surface area (Å²) >= 11 is 0. The van der Waals surface area contributed by atoms with Crippen molar-refractivity contribution in [2.45, 2.75) is 26.4 Å². The van der Waals surface area contributed by atoms with Crippen LogP contribution in [0.5, 0.6) is 0 Å². The maximum atomic E-state index is 11.1. The molecule has 0 saturated heterocycles. The van der Waals surface area contributed by atoms with Gasteiger partial charge in [0.25, 0.3) is 0 Å². The van der Waals surface area contributed by atoms with Gasteiger partial charge >= 0.3 is 5.97 Å². The fourth-order valence-electron chi connectivity index (χ4n) is 1.36. The average molecular weight is 208 g/mol. The summed E-state index contributed by atoms with van der Waals surface area (Å²) < 4.78 is 4.83. The zero-order chi connectivity index (χ0) is 11.1. The Bertz CT molecular complexity index is 320. The molecule has 0 fully saturated rings. The molecule has 0 aromatic heterocycles. The Hall–Kier alpha value is -1.35. The van der Waals surface area contributed by atoms with E-state index in [1.165, 1.54) is 0 Å². The van der Waals surface area contributed by atoms with Gasteiger partial charge in [-0.1, -0.05) is 24.3 Å². The van der Waals surface area contributed by atoms with E-state index >= 15 is 0 Å². The molecule has 1 N–H and O–H groups in total. The van der Waals surface area contributed by atoms with Crippen molar-refractivity contribution in [1.29, 1.82) is 0 Å². The van der Waals surface area contributed by atoms with Crippen LogP contribution in [0.4, 0.5) is 0 Å². The van der Waals surface area contributed by atoms with Crippen molar-refractivity contribution in [3.05, 3.63) is 35.4 Å². The Morgan fingerprint density at radius 3 is 2.80 bits per heavy atom. The molecule has 0 aliphatic carbocycles. The third-order valence-corrected chi connectivity index (χ3v) is 2.10. The molecule has 1 rings (SSSR count). The lowest BCUT2D eigenvalue weighted by atomic mass is 10.1. The van der Waals surface area contributed by atoms with Crippen LogP contribution in [0.15, 0.2) is 24.3 Å². The molecular formula is C12H16O3. The third-order valence-electron chi connectivity index (χ3n) is 2.10. The van der Waals surface area contributed by atoms with E-state index in [2.05, 4.69) is 0 Å². The number of carbonyl (C=O) groups excluding carboxylic acids is 1. The van der Waals surface area contributed by atoms with Crippen molar-refractivity contribution in [1.82, 2.24) is 0 Å². The van der Waals surface area contributed by atoms with E-state index in [0.29, 0.717) is 19.4 Å². The molecule has 0 spiro atoms. The summed E-state index contributed by atoms with van der Waals surface area (Å²) in [6.45, 7) is 2.26. The van der Waals surface area contributed by atoms with Gasteiger partial charge in [0.15, 0.2) is 0 Å². The summed E-state index contributed by atoms with van der Waals surface area (Å²) in [6.07, 6.45) is 1.05. The molecule has 3 heteroatoms. The van der Waals surface area contributed by atoms with Gasteiger partial charge in [-0.25, -0.2) is 0 Å². The number of aliphatic hydroxyl groups excluding tert-OH is 1. The van der Waals surface area contributed by atoms with Crippen molar-refractivity contribution >= 4 is 5.97 Å². The number of benzene rings is 1. The first-order valence-electron chi connectivity index (χ1n) is 5.10. The summed E-state index contributed by atoms with van der Waals surface area (Å²) in [5, 5.41) is 8.93. The third kappa shape index (κ3) is 4.13. The van der Waals surface area contributed by atoms with Crippen LogP contribution in [0.25, 0.3) is 0 Å². The minimum absolute atomic E-state index is 0.0350. The first kappa shape index (κ1) is 11.7. The topological polar surface area (TPSA) is 46.5 Å². The van der Waals surface area contributed by atoms with Gasteiger partial charge in [-0.05, 0) is 24.5 Å². The van der Waals surface area contributed by atoms with Gasteiger partial charge in [-0.3, -0.25) is 4.79 Å². The van der Waals surface area contributed by atoms with Crippen LogP contribution < -0.4 is 0 Å². The molecule has 0 radical (unpaired) electrons. The number of aryl methyl sites for hydroxylation is 1. The quantitative estimate of drug-likeness (QED) is 0.749. The molecule has 0 aliphatic heterocycles. The fraction of sp³-hybridized carbons (Fsp3) is 0.417. The summed E-state index contributed by atoms with van der Waals surface area (Å²) in [5.41, 5.74) is 1.92. The Morgan fingerprint density at radius 1 is 1.40 bits per heavy atom. The van der Waals surface area contributed by atoms with E-state index in [4.69, 9.17) is 9.84 Å².